The fourth-order valence-electron chi connectivity index (χ4n) is 3.36. The smallest absolute Gasteiger partial charge is 0.319 e. The zero-order chi connectivity index (χ0) is 18.0. The number of esters is 2. The Bertz CT molecular complexity index is 644. The second-order valence-electron chi connectivity index (χ2n) is 6.84. The van der Waals surface area contributed by atoms with Gasteiger partial charge in [0.15, 0.2) is 5.78 Å². The van der Waals surface area contributed by atoms with E-state index < -0.39 is 16.8 Å². The van der Waals surface area contributed by atoms with Crippen molar-refractivity contribution in [1.29, 1.82) is 0 Å². The van der Waals surface area contributed by atoms with Crippen molar-refractivity contribution in [2.24, 2.45) is 5.41 Å². The summed E-state index contributed by atoms with van der Waals surface area (Å²) in [5, 5.41) is 0. The van der Waals surface area contributed by atoms with Crippen LogP contribution in [0, 0.1) is 5.41 Å². The number of carbonyl (C=O) groups is 3. The highest BCUT2D eigenvalue weighted by Gasteiger charge is 2.49. The van der Waals surface area contributed by atoms with E-state index in [0.29, 0.717) is 25.7 Å². The Morgan fingerprint density at radius 2 is 1.75 bits per heavy atom. The molecular formula is C19H24O5. The molecule has 0 spiro atoms. The van der Waals surface area contributed by atoms with Crippen LogP contribution in [0.15, 0.2) is 24.3 Å². The summed E-state index contributed by atoms with van der Waals surface area (Å²) in [6.45, 7) is 3.59. The third-order valence-corrected chi connectivity index (χ3v) is 4.99. The number of hydrogen-bond donors (Lipinski definition) is 0. The monoisotopic (exact) mass is 332 g/mol. The van der Waals surface area contributed by atoms with E-state index in [1.807, 2.05) is 24.3 Å². The molecular weight excluding hydrogens is 308 g/mol. The average molecular weight is 332 g/mol. The molecule has 0 bridgehead atoms. The van der Waals surface area contributed by atoms with E-state index in [1.54, 1.807) is 13.8 Å². The van der Waals surface area contributed by atoms with Crippen LogP contribution in [0.4, 0.5) is 0 Å². The van der Waals surface area contributed by atoms with Gasteiger partial charge in [-0.15, -0.1) is 0 Å². The summed E-state index contributed by atoms with van der Waals surface area (Å²) in [6, 6.07) is 7.40. The van der Waals surface area contributed by atoms with Crippen LogP contribution < -0.4 is 0 Å². The second kappa shape index (κ2) is 6.75. The molecule has 5 heteroatoms. The molecule has 2 rings (SSSR count). The van der Waals surface area contributed by atoms with Crippen molar-refractivity contribution in [3.8, 4) is 0 Å². The predicted molar refractivity (Wildman–Crippen MR) is 88.5 cm³/mol. The lowest BCUT2D eigenvalue weighted by molar-refractivity contribution is -0.156. The normalized spacial score (nSPS) is 20.8. The lowest BCUT2D eigenvalue weighted by atomic mass is 9.78. The highest BCUT2D eigenvalue weighted by Crippen LogP contribution is 2.39. The number of carbonyl (C=O) groups excluding carboxylic acids is 3. The predicted octanol–water partition coefficient (Wildman–Crippen LogP) is 2.59. The number of ether oxygens (including phenoxy) is 2. The lowest BCUT2D eigenvalue weighted by Gasteiger charge is -2.25. The van der Waals surface area contributed by atoms with Gasteiger partial charge in [-0.3, -0.25) is 14.4 Å². The van der Waals surface area contributed by atoms with E-state index in [1.165, 1.54) is 14.2 Å². The lowest BCUT2D eigenvalue weighted by Crippen LogP contribution is -2.38. The van der Waals surface area contributed by atoms with E-state index in [-0.39, 0.29) is 11.8 Å². The minimum atomic E-state index is -1.06. The summed E-state index contributed by atoms with van der Waals surface area (Å²) >= 11 is 0. The van der Waals surface area contributed by atoms with Crippen molar-refractivity contribution in [2.45, 2.75) is 44.9 Å². The first-order valence-electron chi connectivity index (χ1n) is 8.07. The Morgan fingerprint density at radius 3 is 2.21 bits per heavy atom. The van der Waals surface area contributed by atoms with Gasteiger partial charge in [-0.05, 0) is 44.2 Å². The van der Waals surface area contributed by atoms with Crippen molar-refractivity contribution in [2.75, 3.05) is 14.2 Å². The standard InChI is InChI=1S/C19H24O5/c1-18(2,16(21)23-3)14-9-7-13(8-10-14)12-19(17(22)24-4)11-5-6-15(19)20/h7-10H,5-6,11-12H2,1-4H3. The van der Waals surface area contributed by atoms with Gasteiger partial charge in [0.05, 0.1) is 19.6 Å². The number of ketones is 1. The summed E-state index contributed by atoms with van der Waals surface area (Å²) in [5.41, 5.74) is -0.118. The number of methoxy groups -OCH3 is 2. The first kappa shape index (κ1) is 18.2. The molecule has 0 aromatic heterocycles. The van der Waals surface area contributed by atoms with Gasteiger partial charge in [-0.25, -0.2) is 0 Å². The van der Waals surface area contributed by atoms with E-state index in [4.69, 9.17) is 9.47 Å². The largest absolute Gasteiger partial charge is 0.468 e. The molecule has 0 amide bonds. The highest BCUT2D eigenvalue weighted by molar-refractivity contribution is 6.05. The molecule has 0 aliphatic heterocycles. The minimum Gasteiger partial charge on any atom is -0.468 e. The van der Waals surface area contributed by atoms with Crippen LogP contribution >= 0.6 is 0 Å². The van der Waals surface area contributed by atoms with Crippen LogP contribution in [-0.2, 0) is 35.7 Å². The summed E-state index contributed by atoms with van der Waals surface area (Å²) in [7, 11) is 2.68. The fraction of sp³-hybridized carbons (Fsp3) is 0.526. The second-order valence-corrected chi connectivity index (χ2v) is 6.84. The number of hydrogen-bond acceptors (Lipinski definition) is 5. The van der Waals surface area contributed by atoms with E-state index in [9.17, 15) is 14.4 Å². The first-order chi connectivity index (χ1) is 11.3. The molecule has 1 aliphatic carbocycles. The molecule has 1 aromatic carbocycles. The van der Waals surface area contributed by atoms with Gasteiger partial charge >= 0.3 is 11.9 Å². The van der Waals surface area contributed by atoms with Crippen molar-refractivity contribution in [3.05, 3.63) is 35.4 Å². The Kier molecular flexibility index (Phi) is 5.11. The molecule has 130 valence electrons. The zero-order valence-corrected chi connectivity index (χ0v) is 14.7. The molecule has 0 radical (unpaired) electrons. The van der Waals surface area contributed by atoms with E-state index in [2.05, 4.69) is 0 Å². The number of rotatable bonds is 5. The number of Topliss-reactive ketones (excluding diaryl/α,β-unsaturated/α-hetero) is 1. The van der Waals surface area contributed by atoms with Crippen molar-refractivity contribution in [1.82, 2.24) is 0 Å². The fourth-order valence-corrected chi connectivity index (χ4v) is 3.36. The van der Waals surface area contributed by atoms with Gasteiger partial charge in [0.25, 0.3) is 0 Å². The Hall–Kier alpha value is -2.17. The molecule has 1 aromatic rings. The highest BCUT2D eigenvalue weighted by atomic mass is 16.5. The zero-order valence-electron chi connectivity index (χ0n) is 14.7. The van der Waals surface area contributed by atoms with Gasteiger partial charge < -0.3 is 9.47 Å². The van der Waals surface area contributed by atoms with E-state index >= 15 is 0 Å². The molecule has 5 nitrogen and oxygen atoms in total. The maximum absolute atomic E-state index is 12.3. The molecule has 24 heavy (non-hydrogen) atoms. The van der Waals surface area contributed by atoms with Gasteiger partial charge in [0.2, 0.25) is 0 Å². The van der Waals surface area contributed by atoms with Crippen molar-refractivity contribution < 1.29 is 23.9 Å². The van der Waals surface area contributed by atoms with E-state index in [0.717, 1.165) is 11.1 Å². The molecule has 0 heterocycles. The maximum Gasteiger partial charge on any atom is 0.319 e. The van der Waals surface area contributed by atoms with Gasteiger partial charge in [0, 0.05) is 6.42 Å². The summed E-state index contributed by atoms with van der Waals surface area (Å²) in [5.74, 6) is -0.815. The Labute approximate surface area is 142 Å². The quantitative estimate of drug-likeness (QED) is 0.612. The first-order valence-corrected chi connectivity index (χ1v) is 8.07. The number of benzene rings is 1. The van der Waals surface area contributed by atoms with Crippen LogP contribution in [0.1, 0.15) is 44.2 Å². The van der Waals surface area contributed by atoms with Crippen LogP contribution in [-0.4, -0.2) is 31.9 Å². The van der Waals surface area contributed by atoms with Gasteiger partial charge in [-0.1, -0.05) is 24.3 Å². The SMILES string of the molecule is COC(=O)C1(Cc2ccc(C(C)(C)C(=O)OC)cc2)CCCC1=O. The summed E-state index contributed by atoms with van der Waals surface area (Å²) in [6.07, 6.45) is 1.98. The van der Waals surface area contributed by atoms with Crippen LogP contribution in [0.25, 0.3) is 0 Å². The van der Waals surface area contributed by atoms with Crippen molar-refractivity contribution >= 4 is 17.7 Å². The molecule has 1 atom stereocenters. The molecule has 0 N–H and O–H groups in total. The Morgan fingerprint density at radius 1 is 1.12 bits per heavy atom. The van der Waals surface area contributed by atoms with Crippen LogP contribution in [0.3, 0.4) is 0 Å². The summed E-state index contributed by atoms with van der Waals surface area (Å²) in [4.78, 5) is 36.4. The topological polar surface area (TPSA) is 69.7 Å². The Balaban J connectivity index is 2.26. The van der Waals surface area contributed by atoms with Gasteiger partial charge in [0.1, 0.15) is 5.41 Å². The average Bonchev–Trinajstić information content (AvgIpc) is 2.95. The molecule has 1 unspecified atom stereocenters. The van der Waals surface area contributed by atoms with Crippen LogP contribution in [0.5, 0.6) is 0 Å². The maximum atomic E-state index is 12.3. The van der Waals surface area contributed by atoms with Gasteiger partial charge in [-0.2, -0.15) is 0 Å². The minimum absolute atomic E-state index is 0.0479. The molecule has 1 fully saturated rings. The molecule has 0 saturated heterocycles. The third kappa shape index (κ3) is 3.07. The molecule has 1 aliphatic rings. The van der Waals surface area contributed by atoms with Crippen molar-refractivity contribution in [3.63, 3.8) is 0 Å². The third-order valence-electron chi connectivity index (χ3n) is 4.99. The summed E-state index contributed by atoms with van der Waals surface area (Å²) < 4.78 is 9.72. The van der Waals surface area contributed by atoms with Crippen LogP contribution in [0.2, 0.25) is 0 Å². The molecule has 1 saturated carbocycles.